The van der Waals surface area contributed by atoms with E-state index < -0.39 is 17.2 Å². The molecule has 1 aromatic carbocycles. The zero-order chi connectivity index (χ0) is 16.5. The summed E-state index contributed by atoms with van der Waals surface area (Å²) < 4.78 is 38.4. The van der Waals surface area contributed by atoms with Crippen molar-refractivity contribution in [2.45, 2.75) is 44.3 Å². The maximum absolute atomic E-state index is 12.8. The smallest absolute Gasteiger partial charge is 0.396 e. The zero-order valence-corrected chi connectivity index (χ0v) is 12.6. The molecule has 22 heavy (non-hydrogen) atoms. The van der Waals surface area contributed by atoms with Gasteiger partial charge >= 0.3 is 6.18 Å². The number of benzene rings is 1. The van der Waals surface area contributed by atoms with Gasteiger partial charge in [0, 0.05) is 12.6 Å². The van der Waals surface area contributed by atoms with E-state index in [1.807, 2.05) is 0 Å². The molecule has 1 aliphatic rings. The molecule has 1 aromatic rings. The molecule has 122 valence electrons. The van der Waals surface area contributed by atoms with Crippen LogP contribution in [-0.4, -0.2) is 23.7 Å². The average Bonchev–Trinajstić information content (AvgIpc) is 3.27. The molecule has 2 N–H and O–H groups in total. The van der Waals surface area contributed by atoms with E-state index in [1.165, 1.54) is 6.07 Å². The molecule has 0 unspecified atom stereocenters. The first-order valence-corrected chi connectivity index (χ1v) is 7.30. The van der Waals surface area contributed by atoms with Crippen molar-refractivity contribution in [3.8, 4) is 0 Å². The van der Waals surface area contributed by atoms with E-state index in [4.69, 9.17) is 5.11 Å². The van der Waals surface area contributed by atoms with Gasteiger partial charge in [-0.2, -0.15) is 13.2 Å². The van der Waals surface area contributed by atoms with Gasteiger partial charge in [0.25, 0.3) is 0 Å². The van der Waals surface area contributed by atoms with Crippen LogP contribution in [0.15, 0.2) is 24.3 Å². The van der Waals surface area contributed by atoms with Crippen molar-refractivity contribution in [3.63, 3.8) is 0 Å². The Hall–Kier alpha value is -1.56. The Labute approximate surface area is 127 Å². The molecule has 1 amide bonds. The van der Waals surface area contributed by atoms with E-state index in [0.29, 0.717) is 18.4 Å². The highest BCUT2D eigenvalue weighted by Gasteiger charge is 2.52. The number of hydrogen-bond acceptors (Lipinski definition) is 2. The molecule has 0 spiro atoms. The van der Waals surface area contributed by atoms with Crippen LogP contribution in [0.1, 0.15) is 37.8 Å². The Bertz CT molecular complexity index is 553. The first-order valence-electron chi connectivity index (χ1n) is 7.30. The summed E-state index contributed by atoms with van der Waals surface area (Å²) in [5.74, 6) is -0.374. The minimum atomic E-state index is -4.42. The SMILES string of the molecule is C[C@H](NC(=O)C1(c2cccc(C(F)(F)F)c2)CC1)[C@@H](C)CO. The maximum atomic E-state index is 12.8. The fourth-order valence-corrected chi connectivity index (χ4v) is 2.41. The van der Waals surface area contributed by atoms with Crippen LogP contribution >= 0.6 is 0 Å². The Kier molecular flexibility index (Phi) is 4.52. The minimum Gasteiger partial charge on any atom is -0.396 e. The number of carbonyl (C=O) groups excluding carboxylic acids is 1. The monoisotopic (exact) mass is 315 g/mol. The number of carbonyl (C=O) groups is 1. The minimum absolute atomic E-state index is 0.0575. The van der Waals surface area contributed by atoms with E-state index in [0.717, 1.165) is 12.1 Å². The highest BCUT2D eigenvalue weighted by atomic mass is 19.4. The topological polar surface area (TPSA) is 49.3 Å². The highest BCUT2D eigenvalue weighted by Crippen LogP contribution is 2.49. The third kappa shape index (κ3) is 3.27. The van der Waals surface area contributed by atoms with Crippen LogP contribution < -0.4 is 5.32 Å². The summed E-state index contributed by atoms with van der Waals surface area (Å²) in [7, 11) is 0. The summed E-state index contributed by atoms with van der Waals surface area (Å²) in [6, 6.07) is 4.74. The molecule has 0 aliphatic heterocycles. The Morgan fingerprint density at radius 1 is 1.36 bits per heavy atom. The second-order valence-electron chi connectivity index (χ2n) is 6.08. The van der Waals surface area contributed by atoms with Crippen molar-refractivity contribution in [2.75, 3.05) is 6.61 Å². The van der Waals surface area contributed by atoms with E-state index in [2.05, 4.69) is 5.32 Å². The van der Waals surface area contributed by atoms with Gasteiger partial charge in [-0.25, -0.2) is 0 Å². The number of halogens is 3. The summed E-state index contributed by atoms with van der Waals surface area (Å²) in [6.07, 6.45) is -3.33. The number of aliphatic hydroxyl groups is 1. The lowest BCUT2D eigenvalue weighted by atomic mass is 9.92. The first-order chi connectivity index (χ1) is 10.2. The van der Waals surface area contributed by atoms with E-state index in [-0.39, 0.29) is 24.5 Å². The van der Waals surface area contributed by atoms with Crippen LogP contribution in [0.5, 0.6) is 0 Å². The van der Waals surface area contributed by atoms with Crippen molar-refractivity contribution in [3.05, 3.63) is 35.4 Å². The van der Waals surface area contributed by atoms with Gasteiger partial charge in [0.2, 0.25) is 5.91 Å². The van der Waals surface area contributed by atoms with Gasteiger partial charge in [0.05, 0.1) is 11.0 Å². The predicted octanol–water partition coefficient (Wildman–Crippen LogP) is 2.87. The van der Waals surface area contributed by atoms with Gasteiger partial charge in [-0.05, 0) is 37.3 Å². The second kappa shape index (κ2) is 5.91. The number of hydrogen-bond donors (Lipinski definition) is 2. The maximum Gasteiger partial charge on any atom is 0.416 e. The van der Waals surface area contributed by atoms with Gasteiger partial charge in [-0.15, -0.1) is 0 Å². The molecule has 1 fully saturated rings. The number of amides is 1. The molecule has 2 rings (SSSR count). The Morgan fingerprint density at radius 2 is 2.00 bits per heavy atom. The molecule has 6 heteroatoms. The summed E-state index contributed by atoms with van der Waals surface area (Å²) in [4.78, 5) is 12.4. The van der Waals surface area contributed by atoms with Crippen LogP contribution in [0, 0.1) is 5.92 Å². The lowest BCUT2D eigenvalue weighted by molar-refractivity contribution is -0.137. The molecular formula is C16H20F3NO2. The van der Waals surface area contributed by atoms with Crippen LogP contribution in [0.25, 0.3) is 0 Å². The fourth-order valence-electron chi connectivity index (χ4n) is 2.41. The fraction of sp³-hybridized carbons (Fsp3) is 0.562. The molecule has 0 heterocycles. The molecule has 1 aliphatic carbocycles. The van der Waals surface area contributed by atoms with Gasteiger partial charge < -0.3 is 10.4 Å². The van der Waals surface area contributed by atoms with E-state index >= 15 is 0 Å². The summed E-state index contributed by atoms with van der Waals surface area (Å²) >= 11 is 0. The third-order valence-corrected chi connectivity index (χ3v) is 4.43. The third-order valence-electron chi connectivity index (χ3n) is 4.43. The summed E-state index contributed by atoms with van der Waals surface area (Å²) in [6.45, 7) is 3.52. The lowest BCUT2D eigenvalue weighted by Crippen LogP contribution is -2.43. The molecular weight excluding hydrogens is 295 g/mol. The zero-order valence-electron chi connectivity index (χ0n) is 12.6. The van der Waals surface area contributed by atoms with Crippen molar-refractivity contribution < 1.29 is 23.1 Å². The van der Waals surface area contributed by atoms with E-state index in [9.17, 15) is 18.0 Å². The quantitative estimate of drug-likeness (QED) is 0.878. The first kappa shape index (κ1) is 16.8. The van der Waals surface area contributed by atoms with Crippen molar-refractivity contribution in [1.29, 1.82) is 0 Å². The van der Waals surface area contributed by atoms with Gasteiger partial charge in [-0.3, -0.25) is 4.79 Å². The molecule has 1 saturated carbocycles. The summed E-state index contributed by atoms with van der Waals surface area (Å²) in [5, 5.41) is 11.9. The number of rotatable bonds is 5. The number of alkyl halides is 3. The molecule has 0 bridgehead atoms. The van der Waals surface area contributed by atoms with E-state index in [1.54, 1.807) is 19.9 Å². The Balaban J connectivity index is 2.19. The largest absolute Gasteiger partial charge is 0.416 e. The Morgan fingerprint density at radius 3 is 2.50 bits per heavy atom. The van der Waals surface area contributed by atoms with Gasteiger partial charge in [-0.1, -0.05) is 25.1 Å². The molecule has 0 saturated heterocycles. The van der Waals surface area contributed by atoms with Crippen LogP contribution in [-0.2, 0) is 16.4 Å². The average molecular weight is 315 g/mol. The molecule has 2 atom stereocenters. The standard InChI is InChI=1S/C16H20F3NO2/c1-10(9-21)11(2)20-14(22)15(6-7-15)12-4-3-5-13(8-12)16(17,18)19/h3-5,8,10-11,21H,6-7,9H2,1-2H3,(H,20,22)/t10-,11-/m0/s1. The molecule has 3 nitrogen and oxygen atoms in total. The predicted molar refractivity (Wildman–Crippen MR) is 76.2 cm³/mol. The number of aliphatic hydroxyl groups excluding tert-OH is 1. The molecule has 0 radical (unpaired) electrons. The van der Waals surface area contributed by atoms with Crippen LogP contribution in [0.4, 0.5) is 13.2 Å². The van der Waals surface area contributed by atoms with Crippen molar-refractivity contribution >= 4 is 5.91 Å². The van der Waals surface area contributed by atoms with Gasteiger partial charge in [0.15, 0.2) is 0 Å². The summed E-state index contributed by atoms with van der Waals surface area (Å²) in [5.41, 5.74) is -1.19. The van der Waals surface area contributed by atoms with Crippen LogP contribution in [0.3, 0.4) is 0 Å². The highest BCUT2D eigenvalue weighted by molar-refractivity contribution is 5.91. The van der Waals surface area contributed by atoms with Crippen LogP contribution in [0.2, 0.25) is 0 Å². The normalized spacial score (nSPS) is 19.4. The lowest BCUT2D eigenvalue weighted by Gasteiger charge is -2.23. The second-order valence-corrected chi connectivity index (χ2v) is 6.08. The van der Waals surface area contributed by atoms with Crippen molar-refractivity contribution in [2.24, 2.45) is 5.92 Å². The van der Waals surface area contributed by atoms with Crippen molar-refractivity contribution in [1.82, 2.24) is 5.32 Å². The van der Waals surface area contributed by atoms with Gasteiger partial charge in [0.1, 0.15) is 0 Å². The molecule has 0 aromatic heterocycles. The number of nitrogens with one attached hydrogen (secondary N) is 1.